The molecule has 3 aromatic rings. The van der Waals surface area contributed by atoms with E-state index in [9.17, 15) is 19.2 Å². The number of carbonyl (C=O) groups excluding carboxylic acids is 4. The molecule has 0 bridgehead atoms. The number of hydrogen-bond acceptors (Lipinski definition) is 5. The number of fused-ring (bicyclic) bond motifs is 1. The molecule has 35 heavy (non-hydrogen) atoms. The molecule has 176 valence electrons. The number of rotatable bonds is 5. The zero-order chi connectivity index (χ0) is 24.4. The van der Waals surface area contributed by atoms with Crippen LogP contribution in [0, 0.1) is 0 Å². The summed E-state index contributed by atoms with van der Waals surface area (Å²) in [5, 5.41) is 5.44. The Kier molecular flexibility index (Phi) is 6.01. The second-order valence-electron chi connectivity index (χ2n) is 8.51. The Morgan fingerprint density at radius 1 is 0.971 bits per heavy atom. The van der Waals surface area contributed by atoms with E-state index < -0.39 is 23.8 Å². The molecule has 8 nitrogen and oxygen atoms in total. The average Bonchev–Trinajstić information content (AvgIpc) is 3.48. The van der Waals surface area contributed by atoms with Gasteiger partial charge >= 0.3 is 6.09 Å². The highest BCUT2D eigenvalue weighted by Gasteiger charge is 2.35. The fraction of sp³-hybridized carbons (Fsp3) is 0.185. The van der Waals surface area contributed by atoms with E-state index in [1.54, 1.807) is 36.4 Å². The van der Waals surface area contributed by atoms with Gasteiger partial charge in [0, 0.05) is 12.2 Å². The first-order valence-electron chi connectivity index (χ1n) is 11.4. The summed E-state index contributed by atoms with van der Waals surface area (Å²) in [5.41, 5.74) is 3.80. The van der Waals surface area contributed by atoms with Gasteiger partial charge in [0.2, 0.25) is 5.91 Å². The van der Waals surface area contributed by atoms with Gasteiger partial charge in [0.1, 0.15) is 12.6 Å². The van der Waals surface area contributed by atoms with Crippen LogP contribution in [0.25, 0.3) is 11.1 Å². The first kappa shape index (κ1) is 22.3. The third-order valence-electron chi connectivity index (χ3n) is 6.18. The minimum atomic E-state index is -0.637. The zero-order valence-corrected chi connectivity index (χ0v) is 18.8. The number of likely N-dealkylation sites (tertiary alicyclic amines) is 1. The van der Waals surface area contributed by atoms with Crippen molar-refractivity contribution in [3.63, 3.8) is 0 Å². The van der Waals surface area contributed by atoms with E-state index in [4.69, 9.17) is 4.74 Å². The predicted octanol–water partition coefficient (Wildman–Crippen LogP) is 4.23. The lowest BCUT2D eigenvalue weighted by Gasteiger charge is -2.23. The summed E-state index contributed by atoms with van der Waals surface area (Å²) in [6.45, 7) is 0.610. The summed E-state index contributed by atoms with van der Waals surface area (Å²) >= 11 is 0. The van der Waals surface area contributed by atoms with Crippen molar-refractivity contribution in [2.24, 2.45) is 0 Å². The number of carbonyl (C=O) groups is 4. The standard InChI is InChI=1S/C27H23N3O5/c31-24-21-15-19(11-12-22(21)29-26(24)33)18-8-4-9-20(14-18)28-25(32)23-10-5-13-30(23)27(34)35-16-17-6-2-1-3-7-17/h1-4,6-9,11-12,14-15,23H,5,10,13,16H2,(H,28,32)(H,29,31,33). The average molecular weight is 469 g/mol. The largest absolute Gasteiger partial charge is 0.445 e. The first-order valence-corrected chi connectivity index (χ1v) is 11.4. The van der Waals surface area contributed by atoms with Crippen LogP contribution < -0.4 is 10.6 Å². The van der Waals surface area contributed by atoms with E-state index in [1.165, 1.54) is 4.90 Å². The fourth-order valence-electron chi connectivity index (χ4n) is 4.38. The molecular weight excluding hydrogens is 446 g/mol. The van der Waals surface area contributed by atoms with E-state index in [0.29, 0.717) is 36.3 Å². The quantitative estimate of drug-likeness (QED) is 0.544. The highest BCUT2D eigenvalue weighted by Crippen LogP contribution is 2.30. The van der Waals surface area contributed by atoms with Crippen LogP contribution in [0.3, 0.4) is 0 Å². The molecule has 5 rings (SSSR count). The number of benzene rings is 3. The number of amides is 3. The molecule has 0 aliphatic carbocycles. The Hall–Kier alpha value is -4.46. The van der Waals surface area contributed by atoms with Gasteiger partial charge in [0.05, 0.1) is 11.3 Å². The molecule has 0 aromatic heterocycles. The van der Waals surface area contributed by atoms with Crippen LogP contribution in [0.5, 0.6) is 0 Å². The van der Waals surface area contributed by atoms with Gasteiger partial charge in [-0.1, -0.05) is 48.5 Å². The summed E-state index contributed by atoms with van der Waals surface area (Å²) in [6, 6.07) is 21.1. The predicted molar refractivity (Wildman–Crippen MR) is 130 cm³/mol. The third kappa shape index (κ3) is 4.63. The monoisotopic (exact) mass is 469 g/mol. The van der Waals surface area contributed by atoms with E-state index in [-0.39, 0.29) is 12.5 Å². The van der Waals surface area contributed by atoms with Gasteiger partial charge in [-0.25, -0.2) is 4.79 Å². The van der Waals surface area contributed by atoms with Crippen molar-refractivity contribution in [1.29, 1.82) is 0 Å². The lowest BCUT2D eigenvalue weighted by atomic mass is 10.0. The Bertz CT molecular complexity index is 1320. The molecule has 8 heteroatoms. The van der Waals surface area contributed by atoms with Gasteiger partial charge in [-0.2, -0.15) is 0 Å². The molecule has 2 N–H and O–H groups in total. The summed E-state index contributed by atoms with van der Waals surface area (Å²) in [5.74, 6) is -1.48. The normalized spacial score (nSPS) is 16.6. The van der Waals surface area contributed by atoms with E-state index >= 15 is 0 Å². The van der Waals surface area contributed by atoms with Crippen LogP contribution in [0.2, 0.25) is 0 Å². The number of anilines is 2. The van der Waals surface area contributed by atoms with E-state index in [0.717, 1.165) is 16.7 Å². The number of hydrogen-bond donors (Lipinski definition) is 2. The van der Waals surface area contributed by atoms with Crippen molar-refractivity contribution in [3.05, 3.63) is 83.9 Å². The third-order valence-corrected chi connectivity index (χ3v) is 6.18. The molecule has 3 aromatic carbocycles. The topological polar surface area (TPSA) is 105 Å². The van der Waals surface area contributed by atoms with Gasteiger partial charge in [0.25, 0.3) is 11.7 Å². The SMILES string of the molecule is O=C1Nc2ccc(-c3cccc(NC(=O)C4CCCN4C(=O)OCc4ccccc4)c3)cc2C1=O. The van der Waals surface area contributed by atoms with Crippen molar-refractivity contribution in [3.8, 4) is 11.1 Å². The second-order valence-corrected chi connectivity index (χ2v) is 8.51. The summed E-state index contributed by atoms with van der Waals surface area (Å²) < 4.78 is 5.42. The van der Waals surface area contributed by atoms with Crippen LogP contribution in [0.4, 0.5) is 16.2 Å². The van der Waals surface area contributed by atoms with Gasteiger partial charge in [-0.05, 0) is 53.8 Å². The lowest BCUT2D eigenvalue weighted by Crippen LogP contribution is -2.43. The molecule has 2 aliphatic heterocycles. The Morgan fingerprint density at radius 2 is 1.77 bits per heavy atom. The maximum atomic E-state index is 13.0. The highest BCUT2D eigenvalue weighted by atomic mass is 16.6. The Labute approximate surface area is 201 Å². The minimum Gasteiger partial charge on any atom is -0.445 e. The van der Waals surface area contributed by atoms with Crippen LogP contribution in [0.15, 0.2) is 72.8 Å². The van der Waals surface area contributed by atoms with Crippen molar-refractivity contribution in [2.75, 3.05) is 17.2 Å². The number of nitrogens with zero attached hydrogens (tertiary/aromatic N) is 1. The summed E-state index contributed by atoms with van der Waals surface area (Å²) in [4.78, 5) is 50.8. The van der Waals surface area contributed by atoms with E-state index in [2.05, 4.69) is 10.6 Å². The van der Waals surface area contributed by atoms with Crippen LogP contribution >= 0.6 is 0 Å². The summed E-state index contributed by atoms with van der Waals surface area (Å²) in [7, 11) is 0. The number of ether oxygens (including phenoxy) is 1. The smallest absolute Gasteiger partial charge is 0.410 e. The lowest BCUT2D eigenvalue weighted by molar-refractivity contribution is -0.120. The minimum absolute atomic E-state index is 0.150. The number of nitrogens with one attached hydrogen (secondary N) is 2. The zero-order valence-electron chi connectivity index (χ0n) is 18.8. The van der Waals surface area contributed by atoms with Crippen molar-refractivity contribution in [2.45, 2.75) is 25.5 Å². The molecule has 0 spiro atoms. The van der Waals surface area contributed by atoms with Crippen molar-refractivity contribution in [1.82, 2.24) is 4.90 Å². The second kappa shape index (κ2) is 9.42. The molecule has 1 saturated heterocycles. The number of Topliss-reactive ketones (excluding diaryl/α,β-unsaturated/α-hetero) is 1. The van der Waals surface area contributed by atoms with Gasteiger partial charge < -0.3 is 15.4 Å². The number of ketones is 1. The fourth-order valence-corrected chi connectivity index (χ4v) is 4.38. The van der Waals surface area contributed by atoms with Gasteiger partial charge in [-0.3, -0.25) is 19.3 Å². The van der Waals surface area contributed by atoms with Crippen LogP contribution in [-0.2, 0) is 20.9 Å². The molecule has 2 heterocycles. The Balaban J connectivity index is 1.26. The molecule has 0 saturated carbocycles. The maximum Gasteiger partial charge on any atom is 0.410 e. The molecule has 1 unspecified atom stereocenters. The molecule has 1 fully saturated rings. The highest BCUT2D eigenvalue weighted by molar-refractivity contribution is 6.51. The maximum absolute atomic E-state index is 13.0. The van der Waals surface area contributed by atoms with Gasteiger partial charge in [0.15, 0.2) is 0 Å². The van der Waals surface area contributed by atoms with Crippen molar-refractivity contribution < 1.29 is 23.9 Å². The molecule has 1 atom stereocenters. The van der Waals surface area contributed by atoms with Crippen molar-refractivity contribution >= 4 is 35.1 Å². The molecule has 0 radical (unpaired) electrons. The Morgan fingerprint density at radius 3 is 2.60 bits per heavy atom. The molecule has 2 aliphatic rings. The molecular formula is C27H23N3O5. The van der Waals surface area contributed by atoms with Gasteiger partial charge in [-0.15, -0.1) is 0 Å². The summed E-state index contributed by atoms with van der Waals surface area (Å²) in [6.07, 6.45) is 0.764. The van der Waals surface area contributed by atoms with E-state index in [1.807, 2.05) is 36.4 Å². The van der Waals surface area contributed by atoms with Crippen LogP contribution in [-0.4, -0.2) is 41.2 Å². The van der Waals surface area contributed by atoms with Crippen LogP contribution in [0.1, 0.15) is 28.8 Å². The molecule has 3 amide bonds. The first-order chi connectivity index (χ1) is 17.0.